The van der Waals surface area contributed by atoms with E-state index >= 15 is 0 Å². The maximum Gasteiger partial charge on any atom is 0.175 e. The lowest BCUT2D eigenvalue weighted by Gasteiger charge is -2.18. The molecule has 0 bridgehead atoms. The Bertz CT molecular complexity index is 735. The van der Waals surface area contributed by atoms with Crippen LogP contribution in [0.3, 0.4) is 0 Å². The van der Waals surface area contributed by atoms with E-state index < -0.39 is 0 Å². The van der Waals surface area contributed by atoms with Gasteiger partial charge in [-0.05, 0) is 24.3 Å². The Balaban J connectivity index is 2.45. The molecule has 29 heavy (non-hydrogen) atoms. The largest absolute Gasteiger partial charge is 0.492 e. The molecule has 0 aliphatic carbocycles. The Labute approximate surface area is 184 Å². The number of ether oxygens (including phenoxy) is 6. The average Bonchev–Trinajstić information content (AvgIpc) is 2.76. The standard InChI is InChI=1S/C20H26O6S3/c1-21-11-27-13-7-9-15(19(25-5)17(13)23-3)29-16-10-8-14(28-12-22-2)18(24-4)20(16)26-6/h7-10H,11-12H2,1-6H3. The maximum absolute atomic E-state index is 5.67. The minimum absolute atomic E-state index is 0.525. The van der Waals surface area contributed by atoms with Gasteiger partial charge < -0.3 is 28.4 Å². The van der Waals surface area contributed by atoms with Crippen LogP contribution < -0.4 is 18.9 Å². The molecule has 0 atom stereocenters. The van der Waals surface area contributed by atoms with Crippen molar-refractivity contribution >= 4 is 35.3 Å². The van der Waals surface area contributed by atoms with Crippen molar-refractivity contribution in [2.45, 2.75) is 19.6 Å². The van der Waals surface area contributed by atoms with Gasteiger partial charge in [0.1, 0.15) is 0 Å². The molecule has 2 rings (SSSR count). The number of hydrogen-bond acceptors (Lipinski definition) is 9. The zero-order valence-corrected chi connectivity index (χ0v) is 19.8. The van der Waals surface area contributed by atoms with Gasteiger partial charge in [-0.3, -0.25) is 0 Å². The third kappa shape index (κ3) is 5.82. The predicted molar refractivity (Wildman–Crippen MR) is 119 cm³/mol. The van der Waals surface area contributed by atoms with E-state index in [0.29, 0.717) is 34.9 Å². The first-order valence-corrected chi connectivity index (χ1v) is 11.3. The molecular weight excluding hydrogens is 432 g/mol. The second-order valence-corrected chi connectivity index (χ2v) is 8.47. The molecule has 0 N–H and O–H groups in total. The van der Waals surface area contributed by atoms with Crippen LogP contribution in [-0.2, 0) is 9.47 Å². The Morgan fingerprint density at radius 2 is 0.828 bits per heavy atom. The van der Waals surface area contributed by atoms with E-state index in [1.54, 1.807) is 66.2 Å². The average molecular weight is 459 g/mol. The number of benzene rings is 2. The van der Waals surface area contributed by atoms with Gasteiger partial charge in [0, 0.05) is 14.2 Å². The molecule has 160 valence electrons. The van der Waals surface area contributed by atoms with Gasteiger partial charge in [-0.15, -0.1) is 0 Å². The van der Waals surface area contributed by atoms with Crippen molar-refractivity contribution in [3.05, 3.63) is 24.3 Å². The van der Waals surface area contributed by atoms with E-state index in [0.717, 1.165) is 19.6 Å². The van der Waals surface area contributed by atoms with Gasteiger partial charge >= 0.3 is 0 Å². The summed E-state index contributed by atoms with van der Waals surface area (Å²) in [6.07, 6.45) is 0. The second-order valence-electron chi connectivity index (χ2n) is 5.46. The zero-order valence-electron chi connectivity index (χ0n) is 17.4. The van der Waals surface area contributed by atoms with Gasteiger partial charge in [-0.25, -0.2) is 0 Å². The molecule has 0 spiro atoms. The summed E-state index contributed by atoms with van der Waals surface area (Å²) in [4.78, 5) is 3.71. The molecule has 0 unspecified atom stereocenters. The lowest BCUT2D eigenvalue weighted by molar-refractivity contribution is 0.258. The summed E-state index contributed by atoms with van der Waals surface area (Å²) < 4.78 is 32.9. The molecule has 0 saturated carbocycles. The Kier molecular flexibility index (Phi) is 10.2. The molecule has 2 aromatic rings. The van der Waals surface area contributed by atoms with Crippen molar-refractivity contribution in [2.75, 3.05) is 54.5 Å². The quantitative estimate of drug-likeness (QED) is 0.313. The summed E-state index contributed by atoms with van der Waals surface area (Å²) in [6, 6.07) is 8.01. The van der Waals surface area contributed by atoms with Crippen LogP contribution in [0.5, 0.6) is 23.0 Å². The summed E-state index contributed by atoms with van der Waals surface area (Å²) in [7, 11) is 9.86. The minimum Gasteiger partial charge on any atom is -0.492 e. The number of hydrogen-bond donors (Lipinski definition) is 0. The van der Waals surface area contributed by atoms with Gasteiger partial charge in [-0.1, -0.05) is 35.3 Å². The van der Waals surface area contributed by atoms with Crippen LogP contribution in [0.1, 0.15) is 0 Å². The van der Waals surface area contributed by atoms with Crippen LogP contribution in [0.2, 0.25) is 0 Å². The molecule has 0 radical (unpaired) electrons. The first-order chi connectivity index (χ1) is 14.1. The normalized spacial score (nSPS) is 10.7. The third-order valence-electron chi connectivity index (χ3n) is 3.78. The molecule has 0 fully saturated rings. The van der Waals surface area contributed by atoms with Crippen LogP contribution in [0.15, 0.2) is 43.8 Å². The van der Waals surface area contributed by atoms with E-state index in [-0.39, 0.29) is 0 Å². The van der Waals surface area contributed by atoms with Crippen LogP contribution in [-0.4, -0.2) is 54.5 Å². The van der Waals surface area contributed by atoms with Gasteiger partial charge in [0.2, 0.25) is 0 Å². The molecule has 9 heteroatoms. The highest BCUT2D eigenvalue weighted by molar-refractivity contribution is 8.00. The molecule has 0 amide bonds. The van der Waals surface area contributed by atoms with Gasteiger partial charge in [0.05, 0.1) is 59.9 Å². The van der Waals surface area contributed by atoms with E-state index in [9.17, 15) is 0 Å². The monoisotopic (exact) mass is 458 g/mol. The van der Waals surface area contributed by atoms with E-state index in [1.165, 1.54) is 11.8 Å². The van der Waals surface area contributed by atoms with Crippen molar-refractivity contribution < 1.29 is 28.4 Å². The van der Waals surface area contributed by atoms with Gasteiger partial charge in [0.25, 0.3) is 0 Å². The first-order valence-electron chi connectivity index (χ1n) is 8.56. The lowest BCUT2D eigenvalue weighted by atomic mass is 10.3. The first kappa shape index (κ1) is 23.9. The topological polar surface area (TPSA) is 55.4 Å². The number of thioether (sulfide) groups is 2. The van der Waals surface area contributed by atoms with Crippen molar-refractivity contribution in [1.29, 1.82) is 0 Å². The lowest BCUT2D eigenvalue weighted by Crippen LogP contribution is -1.97. The second kappa shape index (κ2) is 12.3. The van der Waals surface area contributed by atoms with E-state index in [4.69, 9.17) is 28.4 Å². The fourth-order valence-corrected chi connectivity index (χ4v) is 5.06. The van der Waals surface area contributed by atoms with E-state index in [1.807, 2.05) is 24.3 Å². The van der Waals surface area contributed by atoms with Gasteiger partial charge in [-0.2, -0.15) is 0 Å². The van der Waals surface area contributed by atoms with Gasteiger partial charge in [0.15, 0.2) is 23.0 Å². The summed E-state index contributed by atoms with van der Waals surface area (Å²) in [5.41, 5.74) is 0. The SMILES string of the molecule is COCSc1ccc(Sc2ccc(SCOC)c(OC)c2OC)c(OC)c1OC. The number of methoxy groups -OCH3 is 6. The predicted octanol–water partition coefficient (Wildman–Crippen LogP) is 5.26. The molecule has 0 aromatic heterocycles. The number of rotatable bonds is 12. The molecule has 0 aliphatic heterocycles. The summed E-state index contributed by atoms with van der Waals surface area (Å²) in [6.45, 7) is 0. The fourth-order valence-electron chi connectivity index (χ4n) is 2.58. The molecular formula is C20H26O6S3. The molecule has 0 saturated heterocycles. The van der Waals surface area contributed by atoms with Crippen molar-refractivity contribution in [3.63, 3.8) is 0 Å². The molecule has 0 aliphatic rings. The molecule has 0 heterocycles. The Morgan fingerprint density at radius 3 is 1.14 bits per heavy atom. The smallest absolute Gasteiger partial charge is 0.175 e. The summed E-state index contributed by atoms with van der Waals surface area (Å²) in [5.74, 6) is 3.74. The van der Waals surface area contributed by atoms with Crippen LogP contribution in [0.4, 0.5) is 0 Å². The van der Waals surface area contributed by atoms with Crippen LogP contribution in [0.25, 0.3) is 0 Å². The summed E-state index contributed by atoms with van der Waals surface area (Å²) in [5, 5.41) is 0. The third-order valence-corrected chi connectivity index (χ3v) is 6.84. The minimum atomic E-state index is 0.525. The van der Waals surface area contributed by atoms with Crippen molar-refractivity contribution in [3.8, 4) is 23.0 Å². The van der Waals surface area contributed by atoms with Crippen LogP contribution >= 0.6 is 35.3 Å². The highest BCUT2D eigenvalue weighted by Gasteiger charge is 2.21. The van der Waals surface area contributed by atoms with Crippen molar-refractivity contribution in [2.24, 2.45) is 0 Å². The highest BCUT2D eigenvalue weighted by Crippen LogP contribution is 2.50. The fraction of sp³-hybridized carbons (Fsp3) is 0.400. The Hall–Kier alpha value is -1.39. The molecule has 2 aromatic carbocycles. The van der Waals surface area contributed by atoms with Crippen molar-refractivity contribution in [1.82, 2.24) is 0 Å². The Morgan fingerprint density at radius 1 is 0.517 bits per heavy atom. The maximum atomic E-state index is 5.67. The zero-order chi connectivity index (χ0) is 21.2. The molecule has 6 nitrogen and oxygen atoms in total. The van der Waals surface area contributed by atoms with Crippen LogP contribution in [0, 0.1) is 0 Å². The highest BCUT2D eigenvalue weighted by atomic mass is 32.2. The summed E-state index contributed by atoms with van der Waals surface area (Å²) >= 11 is 4.61. The van der Waals surface area contributed by atoms with E-state index in [2.05, 4.69) is 0 Å².